The molecule has 0 aliphatic carbocycles. The molecule has 5 heteroatoms. The molecule has 0 radical (unpaired) electrons. The highest BCUT2D eigenvalue weighted by molar-refractivity contribution is 6.25. The minimum atomic E-state index is -0.343. The molecule has 4 nitrogen and oxygen atoms in total. The zero-order chi connectivity index (χ0) is 11.3. The van der Waals surface area contributed by atoms with Crippen LogP contribution < -0.4 is 5.32 Å². The lowest BCUT2D eigenvalue weighted by Crippen LogP contribution is -2.58. The standard InChI is InChI=1S/C10H15ClN2O2/c1-2-4-8-10(15)12-7-9(14)13(8)6-3-5-11/h3,5,8H,2,4,6-7H2,1H3,(H,12,15)/b5-3+. The van der Waals surface area contributed by atoms with E-state index in [0.717, 1.165) is 6.42 Å². The van der Waals surface area contributed by atoms with Gasteiger partial charge in [-0.05, 0) is 6.42 Å². The summed E-state index contributed by atoms with van der Waals surface area (Å²) in [5.74, 6) is -0.123. The first-order valence-corrected chi connectivity index (χ1v) is 5.46. The summed E-state index contributed by atoms with van der Waals surface area (Å²) in [5.41, 5.74) is 1.36. The Morgan fingerprint density at radius 1 is 1.60 bits per heavy atom. The van der Waals surface area contributed by atoms with Gasteiger partial charge in [-0.1, -0.05) is 31.0 Å². The molecule has 84 valence electrons. The van der Waals surface area contributed by atoms with E-state index in [0.29, 0.717) is 13.0 Å². The Bertz CT molecular complexity index is 279. The van der Waals surface area contributed by atoms with Crippen LogP contribution in [0, 0.1) is 0 Å². The van der Waals surface area contributed by atoms with Crippen LogP contribution in [0.3, 0.4) is 0 Å². The number of hydrogen-bond donors (Lipinski definition) is 1. The van der Waals surface area contributed by atoms with Gasteiger partial charge in [0.25, 0.3) is 0 Å². The number of hydrogen-bond acceptors (Lipinski definition) is 2. The number of piperazine rings is 1. The Labute approximate surface area is 94.3 Å². The van der Waals surface area contributed by atoms with Crippen molar-refractivity contribution in [2.24, 2.45) is 0 Å². The zero-order valence-corrected chi connectivity index (χ0v) is 9.46. The van der Waals surface area contributed by atoms with Gasteiger partial charge in [-0.15, -0.1) is 0 Å². The molecule has 1 N–H and O–H groups in total. The smallest absolute Gasteiger partial charge is 0.243 e. The topological polar surface area (TPSA) is 49.4 Å². The van der Waals surface area contributed by atoms with E-state index in [1.54, 1.807) is 11.0 Å². The number of carbonyl (C=O) groups is 2. The van der Waals surface area contributed by atoms with E-state index in [1.807, 2.05) is 6.92 Å². The van der Waals surface area contributed by atoms with E-state index in [2.05, 4.69) is 5.32 Å². The third-order valence-electron chi connectivity index (χ3n) is 2.37. The van der Waals surface area contributed by atoms with Crippen LogP contribution in [0.5, 0.6) is 0 Å². The van der Waals surface area contributed by atoms with Crippen molar-refractivity contribution in [2.75, 3.05) is 13.1 Å². The lowest BCUT2D eigenvalue weighted by atomic mass is 10.1. The van der Waals surface area contributed by atoms with E-state index < -0.39 is 0 Å². The highest BCUT2D eigenvalue weighted by atomic mass is 35.5. The second-order valence-corrected chi connectivity index (χ2v) is 3.68. The Morgan fingerprint density at radius 3 is 2.93 bits per heavy atom. The SMILES string of the molecule is CCCC1C(=O)NCC(=O)N1C/C=C/Cl. The van der Waals surface area contributed by atoms with E-state index in [1.165, 1.54) is 5.54 Å². The molecule has 0 spiro atoms. The zero-order valence-electron chi connectivity index (χ0n) is 8.70. The Morgan fingerprint density at radius 2 is 2.33 bits per heavy atom. The molecule has 1 aliphatic heterocycles. The van der Waals surface area contributed by atoms with Crippen molar-refractivity contribution in [3.63, 3.8) is 0 Å². The summed E-state index contributed by atoms with van der Waals surface area (Å²) in [6, 6.07) is -0.343. The second kappa shape index (κ2) is 5.75. The molecule has 1 fully saturated rings. The van der Waals surface area contributed by atoms with Crippen molar-refractivity contribution in [3.8, 4) is 0 Å². The van der Waals surface area contributed by atoms with Crippen molar-refractivity contribution in [2.45, 2.75) is 25.8 Å². The van der Waals surface area contributed by atoms with E-state index in [4.69, 9.17) is 11.6 Å². The quantitative estimate of drug-likeness (QED) is 0.779. The van der Waals surface area contributed by atoms with Crippen molar-refractivity contribution in [1.29, 1.82) is 0 Å². The number of amides is 2. The molecule has 0 aromatic rings. The maximum Gasteiger partial charge on any atom is 0.243 e. The summed E-state index contributed by atoms with van der Waals surface area (Å²) < 4.78 is 0. The van der Waals surface area contributed by atoms with Gasteiger partial charge in [-0.3, -0.25) is 9.59 Å². The number of nitrogens with zero attached hydrogens (tertiary/aromatic N) is 1. The van der Waals surface area contributed by atoms with Gasteiger partial charge in [0.05, 0.1) is 6.54 Å². The van der Waals surface area contributed by atoms with Crippen molar-refractivity contribution in [1.82, 2.24) is 10.2 Å². The monoisotopic (exact) mass is 230 g/mol. The molecule has 1 heterocycles. The molecule has 0 saturated carbocycles. The van der Waals surface area contributed by atoms with E-state index >= 15 is 0 Å². The third kappa shape index (κ3) is 2.96. The molecular weight excluding hydrogens is 216 g/mol. The molecule has 15 heavy (non-hydrogen) atoms. The molecule has 0 aromatic heterocycles. The lowest BCUT2D eigenvalue weighted by molar-refractivity contribution is -0.145. The number of nitrogens with one attached hydrogen (secondary N) is 1. The van der Waals surface area contributed by atoms with Crippen LogP contribution in [0.4, 0.5) is 0 Å². The van der Waals surface area contributed by atoms with Crippen LogP contribution in [0.1, 0.15) is 19.8 Å². The highest BCUT2D eigenvalue weighted by Crippen LogP contribution is 2.11. The van der Waals surface area contributed by atoms with Gasteiger partial charge < -0.3 is 10.2 Å². The van der Waals surface area contributed by atoms with Crippen LogP contribution in [0.2, 0.25) is 0 Å². The third-order valence-corrected chi connectivity index (χ3v) is 2.54. The fourth-order valence-electron chi connectivity index (χ4n) is 1.64. The Balaban J connectivity index is 2.73. The van der Waals surface area contributed by atoms with Crippen LogP contribution in [-0.2, 0) is 9.59 Å². The predicted octanol–water partition coefficient (Wildman–Crippen LogP) is 0.866. The van der Waals surface area contributed by atoms with Crippen molar-refractivity contribution >= 4 is 23.4 Å². The highest BCUT2D eigenvalue weighted by Gasteiger charge is 2.32. The van der Waals surface area contributed by atoms with Crippen LogP contribution in [0.15, 0.2) is 11.6 Å². The average Bonchev–Trinajstić information content (AvgIpc) is 2.23. The molecule has 1 atom stereocenters. The predicted molar refractivity (Wildman–Crippen MR) is 58.4 cm³/mol. The molecule has 0 aromatic carbocycles. The molecule has 1 aliphatic rings. The van der Waals surface area contributed by atoms with Crippen LogP contribution in [0.25, 0.3) is 0 Å². The molecule has 0 bridgehead atoms. The average molecular weight is 231 g/mol. The number of halogens is 1. The van der Waals surface area contributed by atoms with Gasteiger partial charge in [0, 0.05) is 12.1 Å². The Hall–Kier alpha value is -1.03. The van der Waals surface area contributed by atoms with E-state index in [9.17, 15) is 9.59 Å². The minimum Gasteiger partial charge on any atom is -0.345 e. The molecule has 1 rings (SSSR count). The normalized spacial score (nSPS) is 22.3. The molecular formula is C10H15ClN2O2. The Kier molecular flexibility index (Phi) is 4.62. The largest absolute Gasteiger partial charge is 0.345 e. The van der Waals surface area contributed by atoms with Gasteiger partial charge in [0.15, 0.2) is 0 Å². The molecule has 1 unspecified atom stereocenters. The van der Waals surface area contributed by atoms with E-state index in [-0.39, 0.29) is 24.4 Å². The van der Waals surface area contributed by atoms with Gasteiger partial charge in [-0.25, -0.2) is 0 Å². The minimum absolute atomic E-state index is 0.0529. The fraction of sp³-hybridized carbons (Fsp3) is 0.600. The summed E-state index contributed by atoms with van der Waals surface area (Å²) in [4.78, 5) is 24.7. The number of carbonyl (C=O) groups excluding carboxylic acids is 2. The number of rotatable bonds is 4. The van der Waals surface area contributed by atoms with Gasteiger partial charge in [0.2, 0.25) is 11.8 Å². The first-order valence-electron chi connectivity index (χ1n) is 5.03. The summed E-state index contributed by atoms with van der Waals surface area (Å²) in [7, 11) is 0. The maximum absolute atomic E-state index is 11.6. The van der Waals surface area contributed by atoms with Gasteiger partial charge in [-0.2, -0.15) is 0 Å². The lowest BCUT2D eigenvalue weighted by Gasteiger charge is -2.34. The maximum atomic E-state index is 11.6. The summed E-state index contributed by atoms with van der Waals surface area (Å²) in [6.45, 7) is 2.48. The van der Waals surface area contributed by atoms with Crippen LogP contribution >= 0.6 is 11.6 Å². The molecule has 1 saturated heterocycles. The first-order chi connectivity index (χ1) is 7.20. The van der Waals surface area contributed by atoms with Crippen LogP contribution in [-0.4, -0.2) is 35.8 Å². The van der Waals surface area contributed by atoms with Gasteiger partial charge >= 0.3 is 0 Å². The molecule has 2 amide bonds. The second-order valence-electron chi connectivity index (χ2n) is 3.43. The fourth-order valence-corrected chi connectivity index (χ4v) is 1.72. The van der Waals surface area contributed by atoms with Crippen molar-refractivity contribution in [3.05, 3.63) is 11.6 Å². The first kappa shape index (κ1) is 12.0. The summed E-state index contributed by atoms with van der Waals surface area (Å²) in [6.07, 6.45) is 3.22. The summed E-state index contributed by atoms with van der Waals surface area (Å²) >= 11 is 5.41. The summed E-state index contributed by atoms with van der Waals surface area (Å²) in [5, 5.41) is 2.59. The van der Waals surface area contributed by atoms with Gasteiger partial charge in [0.1, 0.15) is 6.04 Å². The van der Waals surface area contributed by atoms with Crippen molar-refractivity contribution < 1.29 is 9.59 Å².